The van der Waals surface area contributed by atoms with Crippen LogP contribution >= 0.6 is 0 Å². The minimum Gasteiger partial charge on any atom is -0.354 e. The Morgan fingerprint density at radius 1 is 1.35 bits per heavy atom. The van der Waals surface area contributed by atoms with Crippen molar-refractivity contribution in [2.45, 2.75) is 37.2 Å². The number of fused-ring (bicyclic) bond motifs is 1. The van der Waals surface area contributed by atoms with Crippen molar-refractivity contribution in [2.24, 2.45) is 0 Å². The van der Waals surface area contributed by atoms with Crippen LogP contribution < -0.4 is 10.6 Å². The molecule has 20 heavy (non-hydrogen) atoms. The maximum absolute atomic E-state index is 12.0. The molecule has 2 N–H and O–H groups in total. The van der Waals surface area contributed by atoms with E-state index in [1.54, 1.807) is 12.1 Å². The topological polar surface area (TPSA) is 75.3 Å². The molecule has 1 aromatic rings. The van der Waals surface area contributed by atoms with Gasteiger partial charge in [-0.2, -0.15) is 0 Å². The molecule has 1 atom stereocenters. The number of carbonyl (C=O) groups excluding carboxylic acids is 1. The molecule has 0 bridgehead atoms. The van der Waals surface area contributed by atoms with Crippen LogP contribution in [0.25, 0.3) is 0 Å². The van der Waals surface area contributed by atoms with E-state index in [4.69, 9.17) is 0 Å². The summed E-state index contributed by atoms with van der Waals surface area (Å²) in [4.78, 5) is 11.9. The number of rotatable bonds is 5. The second kappa shape index (κ2) is 5.93. The van der Waals surface area contributed by atoms with Crippen molar-refractivity contribution < 1.29 is 13.2 Å². The van der Waals surface area contributed by atoms with Crippen molar-refractivity contribution in [3.8, 4) is 0 Å². The van der Waals surface area contributed by atoms with Gasteiger partial charge < -0.3 is 10.6 Å². The van der Waals surface area contributed by atoms with E-state index < -0.39 is 9.84 Å². The summed E-state index contributed by atoms with van der Waals surface area (Å²) < 4.78 is 24.0. The molecule has 0 saturated carbocycles. The van der Waals surface area contributed by atoms with Gasteiger partial charge in [0.15, 0.2) is 9.84 Å². The molecule has 6 heteroatoms. The molecule has 2 rings (SSSR count). The second-order valence-corrected chi connectivity index (χ2v) is 7.30. The minimum absolute atomic E-state index is 0.0263. The molecule has 5 nitrogen and oxygen atoms in total. The summed E-state index contributed by atoms with van der Waals surface area (Å²) in [6, 6.07) is 6.93. The van der Waals surface area contributed by atoms with Gasteiger partial charge >= 0.3 is 0 Å². The van der Waals surface area contributed by atoms with Crippen molar-refractivity contribution >= 4 is 15.7 Å². The zero-order chi connectivity index (χ0) is 14.8. The number of carbonyl (C=O) groups is 1. The lowest BCUT2D eigenvalue weighted by Gasteiger charge is -2.13. The molecule has 0 saturated heterocycles. The summed E-state index contributed by atoms with van der Waals surface area (Å²) in [7, 11) is -3.19. The van der Waals surface area contributed by atoms with Crippen LogP contribution in [0.2, 0.25) is 0 Å². The maximum Gasteiger partial charge on any atom is 0.221 e. The molecule has 1 heterocycles. The Morgan fingerprint density at radius 3 is 2.75 bits per heavy atom. The van der Waals surface area contributed by atoms with Crippen LogP contribution in [0.4, 0.5) is 0 Å². The molecule has 1 unspecified atom stereocenters. The Labute approximate surface area is 119 Å². The van der Waals surface area contributed by atoms with Gasteiger partial charge in [0.05, 0.1) is 10.6 Å². The van der Waals surface area contributed by atoms with Crippen LogP contribution in [0, 0.1) is 0 Å². The van der Waals surface area contributed by atoms with Crippen LogP contribution in [0.1, 0.15) is 31.9 Å². The van der Waals surface area contributed by atoms with E-state index in [9.17, 15) is 13.2 Å². The largest absolute Gasteiger partial charge is 0.354 e. The van der Waals surface area contributed by atoms with E-state index >= 15 is 0 Å². The van der Waals surface area contributed by atoms with E-state index in [2.05, 4.69) is 10.6 Å². The smallest absolute Gasteiger partial charge is 0.221 e. The van der Waals surface area contributed by atoms with E-state index in [-0.39, 0.29) is 23.7 Å². The van der Waals surface area contributed by atoms with Gasteiger partial charge in [-0.1, -0.05) is 18.2 Å². The molecular weight excluding hydrogens is 276 g/mol. The van der Waals surface area contributed by atoms with Gasteiger partial charge in [-0.3, -0.25) is 4.79 Å². The van der Waals surface area contributed by atoms with Crippen molar-refractivity contribution in [1.29, 1.82) is 0 Å². The lowest BCUT2D eigenvalue weighted by molar-refractivity contribution is -0.121. The first kappa shape index (κ1) is 15.0. The summed E-state index contributed by atoms with van der Waals surface area (Å²) in [5, 5.41) is 5.96. The highest BCUT2D eigenvalue weighted by Crippen LogP contribution is 2.32. The molecule has 0 aliphatic carbocycles. The molecule has 0 aromatic heterocycles. The summed E-state index contributed by atoms with van der Waals surface area (Å²) >= 11 is 0. The van der Waals surface area contributed by atoms with Gasteiger partial charge in [0.25, 0.3) is 0 Å². The average Bonchev–Trinajstić information content (AvgIpc) is 2.61. The molecule has 0 spiro atoms. The molecule has 0 radical (unpaired) electrons. The van der Waals surface area contributed by atoms with Crippen LogP contribution in [0.3, 0.4) is 0 Å². The van der Waals surface area contributed by atoms with Gasteiger partial charge in [-0.15, -0.1) is 0 Å². The highest BCUT2D eigenvalue weighted by molar-refractivity contribution is 7.91. The number of amides is 1. The Morgan fingerprint density at radius 2 is 2.05 bits per heavy atom. The fraction of sp³-hybridized carbons (Fsp3) is 0.500. The predicted molar refractivity (Wildman–Crippen MR) is 77.1 cm³/mol. The number of benzene rings is 1. The first-order valence-electron chi connectivity index (χ1n) is 6.74. The second-order valence-electron chi connectivity index (χ2n) is 5.30. The maximum atomic E-state index is 12.0. The average molecular weight is 296 g/mol. The Hall–Kier alpha value is -1.40. The van der Waals surface area contributed by atoms with E-state index in [1.165, 1.54) is 0 Å². The molecule has 1 aliphatic rings. The normalized spacial score (nSPS) is 19.9. The van der Waals surface area contributed by atoms with Gasteiger partial charge in [-0.05, 0) is 25.5 Å². The lowest BCUT2D eigenvalue weighted by atomic mass is 10.1. The number of hydrogen-bond donors (Lipinski definition) is 2. The van der Waals surface area contributed by atoms with Crippen molar-refractivity contribution in [1.82, 2.24) is 10.6 Å². The highest BCUT2D eigenvalue weighted by atomic mass is 32.2. The van der Waals surface area contributed by atoms with Crippen LogP contribution in [-0.4, -0.2) is 32.7 Å². The molecule has 0 fully saturated rings. The lowest BCUT2D eigenvalue weighted by Crippen LogP contribution is -2.33. The fourth-order valence-corrected chi connectivity index (χ4v) is 4.14. The molecule has 1 aromatic carbocycles. The summed E-state index contributed by atoms with van der Waals surface area (Å²) in [5.74, 6) is 0.0413. The summed E-state index contributed by atoms with van der Waals surface area (Å²) in [6.45, 7) is 4.28. The number of nitrogens with one attached hydrogen (secondary N) is 2. The van der Waals surface area contributed by atoms with Gasteiger partial charge in [-0.25, -0.2) is 8.42 Å². The van der Waals surface area contributed by atoms with E-state index in [1.807, 2.05) is 26.0 Å². The Balaban J connectivity index is 1.94. The zero-order valence-electron chi connectivity index (χ0n) is 11.7. The molecule has 110 valence electrons. The van der Waals surface area contributed by atoms with Gasteiger partial charge in [0.1, 0.15) is 0 Å². The standard InChI is InChI=1S/C14H20N2O3S/c1-10(2)16-14(17)7-8-15-12-9-20(18,19)13-6-4-3-5-11(12)13/h3-6,10,12,15H,7-9H2,1-2H3,(H,16,17). The van der Waals surface area contributed by atoms with Crippen molar-refractivity contribution in [3.05, 3.63) is 29.8 Å². The third kappa shape index (κ3) is 3.37. The summed E-state index contributed by atoms with van der Waals surface area (Å²) in [6.07, 6.45) is 0.344. The minimum atomic E-state index is -3.19. The third-order valence-electron chi connectivity index (χ3n) is 3.21. The predicted octanol–water partition coefficient (Wildman–Crippen LogP) is 1.02. The van der Waals surface area contributed by atoms with Crippen molar-refractivity contribution in [2.75, 3.05) is 12.3 Å². The van der Waals surface area contributed by atoms with Gasteiger partial charge in [0, 0.05) is 25.0 Å². The quantitative estimate of drug-likeness (QED) is 0.850. The van der Waals surface area contributed by atoms with E-state index in [0.717, 1.165) is 5.56 Å². The third-order valence-corrected chi connectivity index (χ3v) is 5.02. The fourth-order valence-electron chi connectivity index (χ4n) is 2.37. The first-order valence-corrected chi connectivity index (χ1v) is 8.40. The first-order chi connectivity index (χ1) is 9.40. The van der Waals surface area contributed by atoms with Crippen LogP contribution in [0.5, 0.6) is 0 Å². The van der Waals surface area contributed by atoms with Crippen molar-refractivity contribution in [3.63, 3.8) is 0 Å². The number of hydrogen-bond acceptors (Lipinski definition) is 4. The Bertz CT molecular complexity index is 596. The molecule has 1 aliphatic heterocycles. The van der Waals surface area contributed by atoms with Crippen LogP contribution in [-0.2, 0) is 14.6 Å². The van der Waals surface area contributed by atoms with E-state index in [0.29, 0.717) is 17.9 Å². The zero-order valence-corrected chi connectivity index (χ0v) is 12.5. The SMILES string of the molecule is CC(C)NC(=O)CCNC1CS(=O)(=O)c2ccccc21. The molecular formula is C14H20N2O3S. The summed E-state index contributed by atoms with van der Waals surface area (Å²) in [5.41, 5.74) is 0.803. The Kier molecular flexibility index (Phi) is 4.45. The van der Waals surface area contributed by atoms with Gasteiger partial charge in [0.2, 0.25) is 5.91 Å². The van der Waals surface area contributed by atoms with Crippen LogP contribution in [0.15, 0.2) is 29.2 Å². The molecule has 1 amide bonds. The number of sulfone groups is 1. The monoisotopic (exact) mass is 296 g/mol. The highest BCUT2D eigenvalue weighted by Gasteiger charge is 2.33.